The van der Waals surface area contributed by atoms with E-state index < -0.39 is 0 Å². The Kier molecular flexibility index (Phi) is 5.68. The highest BCUT2D eigenvalue weighted by atomic mass is 79.9. The van der Waals surface area contributed by atoms with E-state index in [2.05, 4.69) is 36.4 Å². The van der Waals surface area contributed by atoms with Gasteiger partial charge in [-0.25, -0.2) is 0 Å². The zero-order valence-corrected chi connectivity index (χ0v) is 16.6. The Balaban J connectivity index is 1.40. The van der Waals surface area contributed by atoms with E-state index in [9.17, 15) is 4.79 Å². The molecule has 0 bridgehead atoms. The molecule has 1 aromatic heterocycles. The Morgan fingerprint density at radius 2 is 2.18 bits per heavy atom. The molecule has 1 unspecified atom stereocenters. The molecule has 2 N–H and O–H groups in total. The summed E-state index contributed by atoms with van der Waals surface area (Å²) in [6, 6.07) is 14.7. The van der Waals surface area contributed by atoms with Crippen LogP contribution >= 0.6 is 15.9 Å². The summed E-state index contributed by atoms with van der Waals surface area (Å²) in [5.41, 5.74) is 1.34. The molecule has 1 fully saturated rings. The minimum absolute atomic E-state index is 0.127. The molecule has 28 heavy (non-hydrogen) atoms. The van der Waals surface area contributed by atoms with Gasteiger partial charge in [0, 0.05) is 22.2 Å². The molecule has 0 radical (unpaired) electrons. The van der Waals surface area contributed by atoms with Crippen molar-refractivity contribution in [2.45, 2.75) is 18.9 Å². The third-order valence-electron chi connectivity index (χ3n) is 4.36. The minimum Gasteiger partial charge on any atom is -0.491 e. The van der Waals surface area contributed by atoms with Crippen molar-refractivity contribution in [2.75, 3.05) is 18.5 Å². The summed E-state index contributed by atoms with van der Waals surface area (Å²) in [4.78, 5) is 16.9. The van der Waals surface area contributed by atoms with Crippen LogP contribution in [-0.4, -0.2) is 40.4 Å². The number of nitrogens with one attached hydrogen (secondary N) is 2. The first kappa shape index (κ1) is 18.6. The summed E-state index contributed by atoms with van der Waals surface area (Å²) in [6.07, 6.45) is 2.20. The number of anilines is 1. The molecular weight excluding hydrogens is 424 g/mol. The highest BCUT2D eigenvalue weighted by molar-refractivity contribution is 9.10. The summed E-state index contributed by atoms with van der Waals surface area (Å²) < 4.78 is 12.2. The normalized spacial score (nSPS) is 16.1. The number of amides is 1. The standard InChI is InChI=1S/C20H19BrN4O3/c21-15-6-1-4-13(10-15)18-22-20(25-24-18)23-19(26)14-5-2-7-16(11-14)28-12-17-8-3-9-27-17/h1-2,4-7,10-11,17H,3,8-9,12H2,(H2,22,23,24,25,26). The molecule has 1 amide bonds. The molecule has 4 rings (SSSR count). The number of halogens is 1. The SMILES string of the molecule is O=C(Nc1n[nH]c(-c2cccc(Br)c2)n1)c1cccc(OCC2CCCO2)c1. The van der Waals surface area contributed by atoms with Crippen molar-refractivity contribution in [3.8, 4) is 17.1 Å². The van der Waals surface area contributed by atoms with Gasteiger partial charge in [0.25, 0.3) is 5.91 Å². The van der Waals surface area contributed by atoms with Gasteiger partial charge < -0.3 is 9.47 Å². The Morgan fingerprint density at radius 3 is 3.00 bits per heavy atom. The number of aromatic amines is 1. The van der Waals surface area contributed by atoms with Crippen LogP contribution < -0.4 is 10.1 Å². The van der Waals surface area contributed by atoms with Gasteiger partial charge in [-0.1, -0.05) is 34.1 Å². The molecule has 2 aromatic carbocycles. The van der Waals surface area contributed by atoms with Gasteiger partial charge in [0.1, 0.15) is 12.4 Å². The molecular formula is C20H19BrN4O3. The number of nitrogens with zero attached hydrogens (tertiary/aromatic N) is 2. The van der Waals surface area contributed by atoms with E-state index >= 15 is 0 Å². The summed E-state index contributed by atoms with van der Waals surface area (Å²) >= 11 is 3.43. The van der Waals surface area contributed by atoms with E-state index in [1.165, 1.54) is 0 Å². The van der Waals surface area contributed by atoms with E-state index in [-0.39, 0.29) is 18.0 Å². The molecule has 1 aliphatic rings. The lowest BCUT2D eigenvalue weighted by atomic mass is 10.2. The van der Waals surface area contributed by atoms with Crippen molar-refractivity contribution in [3.05, 3.63) is 58.6 Å². The van der Waals surface area contributed by atoms with Crippen LogP contribution in [-0.2, 0) is 4.74 Å². The number of hydrogen-bond donors (Lipinski definition) is 2. The molecule has 144 valence electrons. The van der Waals surface area contributed by atoms with Gasteiger partial charge >= 0.3 is 0 Å². The molecule has 0 aliphatic carbocycles. The number of hydrogen-bond acceptors (Lipinski definition) is 5. The lowest BCUT2D eigenvalue weighted by Crippen LogP contribution is -2.17. The van der Waals surface area contributed by atoms with Crippen molar-refractivity contribution in [1.82, 2.24) is 15.2 Å². The van der Waals surface area contributed by atoms with Gasteiger partial charge in [-0.3, -0.25) is 15.2 Å². The van der Waals surface area contributed by atoms with E-state index in [1.807, 2.05) is 30.3 Å². The summed E-state index contributed by atoms with van der Waals surface area (Å²) in [5, 5.41) is 9.60. The fourth-order valence-corrected chi connectivity index (χ4v) is 3.35. The Labute approximate surface area is 170 Å². The molecule has 1 aliphatic heterocycles. The Bertz CT molecular complexity index is 969. The van der Waals surface area contributed by atoms with Gasteiger partial charge in [0.15, 0.2) is 5.82 Å². The molecule has 0 saturated carbocycles. The smallest absolute Gasteiger partial charge is 0.258 e. The van der Waals surface area contributed by atoms with Crippen molar-refractivity contribution in [1.29, 1.82) is 0 Å². The second-order valence-electron chi connectivity index (χ2n) is 6.45. The van der Waals surface area contributed by atoms with Gasteiger partial charge in [-0.15, -0.1) is 5.10 Å². The number of rotatable bonds is 6. The Morgan fingerprint density at radius 1 is 1.29 bits per heavy atom. The van der Waals surface area contributed by atoms with E-state index in [0.29, 0.717) is 23.7 Å². The van der Waals surface area contributed by atoms with Crippen molar-refractivity contribution < 1.29 is 14.3 Å². The largest absolute Gasteiger partial charge is 0.491 e. The zero-order chi connectivity index (χ0) is 19.3. The zero-order valence-electron chi connectivity index (χ0n) is 15.0. The number of carbonyl (C=O) groups excluding carboxylic acids is 1. The summed E-state index contributed by atoms with van der Waals surface area (Å²) in [6.45, 7) is 1.27. The highest BCUT2D eigenvalue weighted by Crippen LogP contribution is 2.21. The first-order valence-electron chi connectivity index (χ1n) is 9.01. The maximum absolute atomic E-state index is 12.5. The van der Waals surface area contributed by atoms with Crippen molar-refractivity contribution in [2.24, 2.45) is 0 Å². The van der Waals surface area contributed by atoms with E-state index in [1.54, 1.807) is 18.2 Å². The van der Waals surface area contributed by atoms with Crippen LogP contribution in [0, 0.1) is 0 Å². The van der Waals surface area contributed by atoms with Gasteiger partial charge in [-0.2, -0.15) is 4.98 Å². The average molecular weight is 443 g/mol. The van der Waals surface area contributed by atoms with Gasteiger partial charge in [0.2, 0.25) is 5.95 Å². The lowest BCUT2D eigenvalue weighted by Gasteiger charge is -2.12. The third kappa shape index (κ3) is 4.58. The van der Waals surface area contributed by atoms with Crippen LogP contribution in [0.3, 0.4) is 0 Å². The maximum Gasteiger partial charge on any atom is 0.258 e. The predicted octanol–water partition coefficient (Wildman–Crippen LogP) is 4.04. The van der Waals surface area contributed by atoms with E-state index in [4.69, 9.17) is 9.47 Å². The summed E-state index contributed by atoms with van der Waals surface area (Å²) in [7, 11) is 0. The van der Waals surface area contributed by atoms with Crippen molar-refractivity contribution >= 4 is 27.8 Å². The lowest BCUT2D eigenvalue weighted by molar-refractivity contribution is 0.0679. The van der Waals surface area contributed by atoms with Gasteiger partial charge in [-0.05, 0) is 43.2 Å². The van der Waals surface area contributed by atoms with Crippen LogP contribution in [0.2, 0.25) is 0 Å². The molecule has 1 saturated heterocycles. The first-order valence-corrected chi connectivity index (χ1v) is 9.81. The van der Waals surface area contributed by atoms with Crippen LogP contribution in [0.4, 0.5) is 5.95 Å². The minimum atomic E-state index is -0.303. The molecule has 3 aromatic rings. The molecule has 7 nitrogen and oxygen atoms in total. The van der Waals surface area contributed by atoms with Crippen LogP contribution in [0.15, 0.2) is 53.0 Å². The first-order chi connectivity index (χ1) is 13.7. The van der Waals surface area contributed by atoms with Crippen LogP contribution in [0.5, 0.6) is 5.75 Å². The molecule has 0 spiro atoms. The molecule has 1 atom stereocenters. The van der Waals surface area contributed by atoms with Crippen LogP contribution in [0.25, 0.3) is 11.4 Å². The third-order valence-corrected chi connectivity index (χ3v) is 4.86. The number of carbonyl (C=O) groups is 1. The maximum atomic E-state index is 12.5. The second-order valence-corrected chi connectivity index (χ2v) is 7.36. The summed E-state index contributed by atoms with van der Waals surface area (Å²) in [5.74, 6) is 1.12. The fraction of sp³-hybridized carbons (Fsp3) is 0.250. The molecule has 2 heterocycles. The average Bonchev–Trinajstić information content (AvgIpc) is 3.39. The fourth-order valence-electron chi connectivity index (χ4n) is 2.95. The van der Waals surface area contributed by atoms with Crippen LogP contribution in [0.1, 0.15) is 23.2 Å². The number of benzene rings is 2. The highest BCUT2D eigenvalue weighted by Gasteiger charge is 2.17. The Hall–Kier alpha value is -2.71. The number of H-pyrrole nitrogens is 1. The number of aromatic nitrogens is 3. The van der Waals surface area contributed by atoms with Crippen molar-refractivity contribution in [3.63, 3.8) is 0 Å². The van der Waals surface area contributed by atoms with E-state index in [0.717, 1.165) is 29.5 Å². The quantitative estimate of drug-likeness (QED) is 0.600. The number of ether oxygens (including phenoxy) is 2. The topological polar surface area (TPSA) is 89.1 Å². The monoisotopic (exact) mass is 442 g/mol. The predicted molar refractivity (Wildman–Crippen MR) is 108 cm³/mol. The van der Waals surface area contributed by atoms with Gasteiger partial charge in [0.05, 0.1) is 6.10 Å². The second kappa shape index (κ2) is 8.53. The molecule has 8 heteroatoms.